The molecule has 19 heavy (non-hydrogen) atoms. The zero-order valence-electron chi connectivity index (χ0n) is 11.0. The van der Waals surface area contributed by atoms with E-state index in [4.69, 9.17) is 10.5 Å². The highest BCUT2D eigenvalue weighted by molar-refractivity contribution is 5.46. The lowest BCUT2D eigenvalue weighted by molar-refractivity contribution is 0.0626. The van der Waals surface area contributed by atoms with E-state index in [-0.39, 0.29) is 5.54 Å². The molecule has 1 saturated heterocycles. The van der Waals surface area contributed by atoms with Crippen LogP contribution in [0.3, 0.4) is 0 Å². The molecule has 2 aromatic heterocycles. The van der Waals surface area contributed by atoms with E-state index < -0.39 is 0 Å². The van der Waals surface area contributed by atoms with Crippen molar-refractivity contribution in [2.24, 2.45) is 5.73 Å². The summed E-state index contributed by atoms with van der Waals surface area (Å²) in [5.74, 6) is 1.48. The highest BCUT2D eigenvalue weighted by Gasteiger charge is 2.31. The van der Waals surface area contributed by atoms with Crippen LogP contribution in [0.25, 0.3) is 5.78 Å². The molecule has 0 bridgehead atoms. The summed E-state index contributed by atoms with van der Waals surface area (Å²) in [5, 5.41) is 7.73. The highest BCUT2D eigenvalue weighted by Crippen LogP contribution is 2.25. The third-order valence-electron chi connectivity index (χ3n) is 3.61. The molecular weight excluding hydrogens is 244 g/mol. The van der Waals surface area contributed by atoms with Crippen LogP contribution in [0.4, 0.5) is 5.82 Å². The number of nitrogens with zero attached hydrogens (tertiary/aromatic N) is 4. The van der Waals surface area contributed by atoms with Gasteiger partial charge < -0.3 is 15.8 Å². The largest absolute Gasteiger partial charge is 0.381 e. The van der Waals surface area contributed by atoms with E-state index in [2.05, 4.69) is 20.4 Å². The van der Waals surface area contributed by atoms with Crippen LogP contribution in [0.2, 0.25) is 0 Å². The normalized spacial score (nSPS) is 18.6. The van der Waals surface area contributed by atoms with Gasteiger partial charge in [0, 0.05) is 31.5 Å². The summed E-state index contributed by atoms with van der Waals surface area (Å²) >= 11 is 0. The summed E-state index contributed by atoms with van der Waals surface area (Å²) in [6, 6.07) is 1.97. The van der Waals surface area contributed by atoms with E-state index in [9.17, 15) is 0 Å². The number of aryl methyl sites for hydroxylation is 1. The van der Waals surface area contributed by atoms with Crippen molar-refractivity contribution in [3.63, 3.8) is 0 Å². The van der Waals surface area contributed by atoms with Gasteiger partial charge in [0.05, 0.1) is 5.54 Å². The Morgan fingerprint density at radius 3 is 3.00 bits per heavy atom. The molecule has 1 aliphatic heterocycles. The fraction of sp³-hybridized carbons (Fsp3) is 0.583. The van der Waals surface area contributed by atoms with E-state index in [0.717, 1.165) is 37.6 Å². The molecule has 0 unspecified atom stereocenters. The standard InChI is InChI=1S/C12H18N6O/c1-9-6-10(18-11(16-9)14-8-15-18)17-12(7-13)2-4-19-5-3-12/h6,8,17H,2-5,7,13H2,1H3. The summed E-state index contributed by atoms with van der Waals surface area (Å²) in [7, 11) is 0. The molecule has 0 aliphatic carbocycles. The van der Waals surface area contributed by atoms with Crippen molar-refractivity contribution in [2.45, 2.75) is 25.3 Å². The van der Waals surface area contributed by atoms with Crippen LogP contribution >= 0.6 is 0 Å². The number of anilines is 1. The Kier molecular flexibility index (Phi) is 3.08. The van der Waals surface area contributed by atoms with Crippen molar-refractivity contribution < 1.29 is 4.74 Å². The van der Waals surface area contributed by atoms with Crippen molar-refractivity contribution in [3.05, 3.63) is 18.1 Å². The summed E-state index contributed by atoms with van der Waals surface area (Å²) in [6.07, 6.45) is 3.29. The number of fused-ring (bicyclic) bond motifs is 1. The van der Waals surface area contributed by atoms with Gasteiger partial charge >= 0.3 is 0 Å². The zero-order valence-corrected chi connectivity index (χ0v) is 11.0. The Balaban J connectivity index is 1.97. The molecule has 3 heterocycles. The van der Waals surface area contributed by atoms with Crippen molar-refractivity contribution >= 4 is 11.6 Å². The maximum Gasteiger partial charge on any atom is 0.254 e. The first-order chi connectivity index (χ1) is 9.22. The smallest absolute Gasteiger partial charge is 0.254 e. The van der Waals surface area contributed by atoms with Crippen LogP contribution < -0.4 is 11.1 Å². The van der Waals surface area contributed by atoms with Crippen LogP contribution in [0.5, 0.6) is 0 Å². The van der Waals surface area contributed by atoms with Gasteiger partial charge in [-0.2, -0.15) is 14.6 Å². The molecule has 0 aromatic carbocycles. The van der Waals surface area contributed by atoms with E-state index >= 15 is 0 Å². The number of nitrogens with two attached hydrogens (primary N) is 1. The summed E-state index contributed by atoms with van der Waals surface area (Å²) in [6.45, 7) is 3.97. The zero-order chi connectivity index (χ0) is 13.3. The summed E-state index contributed by atoms with van der Waals surface area (Å²) < 4.78 is 7.13. The molecular formula is C12H18N6O. The second-order valence-electron chi connectivity index (χ2n) is 4.98. The average Bonchev–Trinajstić information content (AvgIpc) is 2.88. The topological polar surface area (TPSA) is 90.4 Å². The molecule has 102 valence electrons. The van der Waals surface area contributed by atoms with Crippen molar-refractivity contribution in [3.8, 4) is 0 Å². The molecule has 1 fully saturated rings. The monoisotopic (exact) mass is 262 g/mol. The SMILES string of the molecule is Cc1cc(NC2(CN)CCOCC2)n2ncnc2n1. The first-order valence-electron chi connectivity index (χ1n) is 6.46. The maximum atomic E-state index is 5.96. The number of nitrogens with one attached hydrogen (secondary N) is 1. The second kappa shape index (κ2) is 4.75. The van der Waals surface area contributed by atoms with Gasteiger partial charge in [0.2, 0.25) is 0 Å². The minimum absolute atomic E-state index is 0.134. The molecule has 0 spiro atoms. The summed E-state index contributed by atoms with van der Waals surface area (Å²) in [5.41, 5.74) is 6.74. The third kappa shape index (κ3) is 2.26. The number of rotatable bonds is 3. The van der Waals surface area contributed by atoms with Crippen molar-refractivity contribution in [2.75, 3.05) is 25.1 Å². The van der Waals surface area contributed by atoms with Gasteiger partial charge in [-0.3, -0.25) is 0 Å². The average molecular weight is 262 g/mol. The Hall–Kier alpha value is -1.73. The van der Waals surface area contributed by atoms with Crippen LogP contribution in [0.15, 0.2) is 12.4 Å². The Labute approximate surface area is 111 Å². The molecule has 0 amide bonds. The minimum atomic E-state index is -0.134. The van der Waals surface area contributed by atoms with Crippen molar-refractivity contribution in [1.29, 1.82) is 0 Å². The number of hydrogen-bond acceptors (Lipinski definition) is 6. The molecule has 3 N–H and O–H groups in total. The van der Waals surface area contributed by atoms with E-state index in [1.54, 1.807) is 4.52 Å². The Morgan fingerprint density at radius 1 is 1.47 bits per heavy atom. The van der Waals surface area contributed by atoms with Gasteiger partial charge in [0.15, 0.2) is 0 Å². The van der Waals surface area contributed by atoms with E-state index in [0.29, 0.717) is 12.3 Å². The van der Waals surface area contributed by atoms with Gasteiger partial charge in [-0.05, 0) is 19.8 Å². The van der Waals surface area contributed by atoms with Crippen LogP contribution in [-0.4, -0.2) is 44.9 Å². The van der Waals surface area contributed by atoms with Crippen LogP contribution in [0.1, 0.15) is 18.5 Å². The fourth-order valence-electron chi connectivity index (χ4n) is 2.43. The first-order valence-corrected chi connectivity index (χ1v) is 6.46. The molecule has 2 aromatic rings. The van der Waals surface area contributed by atoms with Crippen LogP contribution in [-0.2, 0) is 4.74 Å². The quantitative estimate of drug-likeness (QED) is 0.829. The molecule has 3 rings (SSSR count). The molecule has 7 heteroatoms. The molecule has 0 saturated carbocycles. The lowest BCUT2D eigenvalue weighted by Crippen LogP contribution is -2.50. The predicted octanol–water partition coefficient (Wildman–Crippen LogP) is 0.353. The Bertz CT molecular complexity index is 575. The van der Waals surface area contributed by atoms with E-state index in [1.807, 2.05) is 13.0 Å². The second-order valence-corrected chi connectivity index (χ2v) is 4.98. The third-order valence-corrected chi connectivity index (χ3v) is 3.61. The predicted molar refractivity (Wildman–Crippen MR) is 71.0 cm³/mol. The molecule has 1 aliphatic rings. The minimum Gasteiger partial charge on any atom is -0.381 e. The van der Waals surface area contributed by atoms with E-state index in [1.165, 1.54) is 6.33 Å². The number of hydrogen-bond donors (Lipinski definition) is 2. The van der Waals surface area contributed by atoms with Gasteiger partial charge in [-0.15, -0.1) is 0 Å². The van der Waals surface area contributed by atoms with Gasteiger partial charge in [-0.1, -0.05) is 0 Å². The van der Waals surface area contributed by atoms with Gasteiger partial charge in [0.1, 0.15) is 12.1 Å². The van der Waals surface area contributed by atoms with Gasteiger partial charge in [-0.25, -0.2) is 4.98 Å². The van der Waals surface area contributed by atoms with Crippen molar-refractivity contribution in [1.82, 2.24) is 19.6 Å². The number of aromatic nitrogens is 4. The maximum absolute atomic E-state index is 5.96. The fourth-order valence-corrected chi connectivity index (χ4v) is 2.43. The molecule has 7 nitrogen and oxygen atoms in total. The molecule has 0 radical (unpaired) electrons. The first kappa shape index (κ1) is 12.3. The lowest BCUT2D eigenvalue weighted by Gasteiger charge is -2.37. The Morgan fingerprint density at radius 2 is 2.26 bits per heavy atom. The van der Waals surface area contributed by atoms with Gasteiger partial charge in [0.25, 0.3) is 5.78 Å². The lowest BCUT2D eigenvalue weighted by atomic mass is 9.90. The summed E-state index contributed by atoms with van der Waals surface area (Å²) in [4.78, 5) is 8.46. The van der Waals surface area contributed by atoms with Crippen LogP contribution in [0, 0.1) is 6.92 Å². The highest BCUT2D eigenvalue weighted by atomic mass is 16.5. The molecule has 0 atom stereocenters. The number of ether oxygens (including phenoxy) is 1.